The molecule has 2 aromatic carbocycles. The van der Waals surface area contributed by atoms with E-state index in [9.17, 15) is 19.8 Å². The van der Waals surface area contributed by atoms with Gasteiger partial charge in [-0.25, -0.2) is 9.78 Å². The van der Waals surface area contributed by atoms with Crippen LogP contribution in [-0.4, -0.2) is 57.2 Å². The fraction of sp³-hybridized carbons (Fsp3) is 0.269. The number of rotatable bonds is 4. The van der Waals surface area contributed by atoms with Gasteiger partial charge in [-0.15, -0.1) is 0 Å². The average Bonchev–Trinajstić information content (AvgIpc) is 3.51. The van der Waals surface area contributed by atoms with Gasteiger partial charge in [0.05, 0.1) is 12.4 Å². The van der Waals surface area contributed by atoms with Gasteiger partial charge in [0.25, 0.3) is 5.56 Å². The number of aryl methyl sites for hydroxylation is 2. The van der Waals surface area contributed by atoms with E-state index in [1.54, 1.807) is 30.8 Å². The van der Waals surface area contributed by atoms with E-state index in [4.69, 9.17) is 21.7 Å². The summed E-state index contributed by atoms with van der Waals surface area (Å²) in [5.74, 6) is -0.159. The number of aromatic hydroxyl groups is 3. The van der Waals surface area contributed by atoms with Crippen molar-refractivity contribution in [2.24, 2.45) is 32.6 Å². The summed E-state index contributed by atoms with van der Waals surface area (Å²) in [7, 11) is 4.77. The number of benzene rings is 2. The van der Waals surface area contributed by atoms with E-state index in [2.05, 4.69) is 9.97 Å². The van der Waals surface area contributed by atoms with Gasteiger partial charge < -0.3 is 41.4 Å². The smallest absolute Gasteiger partial charge is 0.332 e. The molecular weight excluding hydrogens is 506 g/mol. The van der Waals surface area contributed by atoms with Gasteiger partial charge in [-0.05, 0) is 54.4 Å². The highest BCUT2D eigenvalue weighted by atomic mass is 16.3. The number of imidazole rings is 1. The molecule has 0 aliphatic rings. The third-order valence-corrected chi connectivity index (χ3v) is 6.09. The van der Waals surface area contributed by atoms with Gasteiger partial charge in [-0.3, -0.25) is 13.9 Å². The summed E-state index contributed by atoms with van der Waals surface area (Å²) in [4.78, 5) is 30.3. The second-order valence-corrected chi connectivity index (χ2v) is 8.82. The highest BCUT2D eigenvalue weighted by Crippen LogP contribution is 2.27. The Kier molecular flexibility index (Phi) is 9.14. The minimum Gasteiger partial charge on any atom is -0.508 e. The summed E-state index contributed by atoms with van der Waals surface area (Å²) >= 11 is 0. The predicted octanol–water partition coefficient (Wildman–Crippen LogP) is 0.435. The van der Waals surface area contributed by atoms with Crippen molar-refractivity contribution in [3.63, 3.8) is 0 Å². The normalized spacial score (nSPS) is 11.5. The van der Waals surface area contributed by atoms with E-state index in [1.165, 1.54) is 36.1 Å². The molecule has 0 aliphatic carbocycles. The maximum Gasteiger partial charge on any atom is 0.332 e. The van der Waals surface area contributed by atoms with Crippen LogP contribution in [0.3, 0.4) is 0 Å². The Morgan fingerprint density at radius 3 is 2.33 bits per heavy atom. The summed E-state index contributed by atoms with van der Waals surface area (Å²) in [6.07, 6.45) is 3.50. The minimum absolute atomic E-state index is 0.0875. The number of fused-ring (bicyclic) bond motifs is 2. The fourth-order valence-electron chi connectivity index (χ4n) is 3.88. The molecule has 0 fully saturated rings. The zero-order valence-electron chi connectivity index (χ0n) is 21.9. The van der Waals surface area contributed by atoms with Crippen molar-refractivity contribution in [3.8, 4) is 17.2 Å². The fourth-order valence-corrected chi connectivity index (χ4v) is 3.88. The number of nitrogens with one attached hydrogen (secondary N) is 1. The Morgan fingerprint density at radius 1 is 0.974 bits per heavy atom. The number of phenols is 3. The lowest BCUT2D eigenvalue weighted by Gasteiger charge is -2.08. The van der Waals surface area contributed by atoms with Crippen molar-refractivity contribution in [3.05, 3.63) is 80.9 Å². The first kappa shape index (κ1) is 29.0. The molecule has 0 unspecified atom stereocenters. The van der Waals surface area contributed by atoms with E-state index in [1.807, 2.05) is 12.3 Å². The molecule has 0 saturated carbocycles. The zero-order chi connectivity index (χ0) is 28.9. The second kappa shape index (κ2) is 12.3. The van der Waals surface area contributed by atoms with E-state index in [0.29, 0.717) is 29.0 Å². The van der Waals surface area contributed by atoms with Crippen molar-refractivity contribution < 1.29 is 20.4 Å². The average molecular weight is 540 g/mol. The largest absolute Gasteiger partial charge is 0.508 e. The molecule has 0 radical (unpaired) electrons. The molecular formula is C26H33N7O6. The van der Waals surface area contributed by atoms with Crippen LogP contribution < -0.4 is 22.7 Å². The molecule has 1 atom stereocenters. The number of phenolic OH excluding ortho intramolecular Hbond substituents is 3. The van der Waals surface area contributed by atoms with Gasteiger partial charge in [-0.1, -0.05) is 6.07 Å². The molecule has 0 aliphatic heterocycles. The number of aromatic amines is 1. The lowest BCUT2D eigenvalue weighted by atomic mass is 10.1. The van der Waals surface area contributed by atoms with E-state index < -0.39 is 6.10 Å². The number of nitrogens with two attached hydrogens (primary N) is 2. The Bertz CT molecular complexity index is 1700. The molecule has 9 N–H and O–H groups in total. The van der Waals surface area contributed by atoms with E-state index in [0.717, 1.165) is 27.5 Å². The van der Waals surface area contributed by atoms with Crippen LogP contribution in [0.1, 0.15) is 17.2 Å². The second-order valence-electron chi connectivity index (χ2n) is 8.82. The molecule has 5 rings (SSSR count). The molecule has 13 nitrogen and oxygen atoms in total. The lowest BCUT2D eigenvalue weighted by Crippen LogP contribution is -2.37. The first-order chi connectivity index (χ1) is 18.5. The third kappa shape index (κ3) is 6.29. The molecule has 39 heavy (non-hydrogen) atoms. The molecule has 3 heterocycles. The standard InChI is InChI=1S/C10H12N2O.C8H10N4O2.C8H11NO3/c11-4-3-7-6-12-10-2-1-8(13)5-9(7)10;1-10-4-9-6-5(10)7(13)12(3)8(14)11(6)2;9-4-8(12)5-1-2-6(10)7(11)3-5/h1-2,5-6,12-13H,3-4,11H2;4H,1-3H3;1-3,8,10-12H,4,9H2/t;;8-/m..0/s1. The summed E-state index contributed by atoms with van der Waals surface area (Å²) in [5.41, 5.74) is 13.5. The summed E-state index contributed by atoms with van der Waals surface area (Å²) < 4.78 is 4.04. The molecule has 0 spiro atoms. The Morgan fingerprint density at radius 2 is 1.69 bits per heavy atom. The number of aromatic nitrogens is 5. The summed E-state index contributed by atoms with van der Waals surface area (Å²) in [6, 6.07) is 9.40. The molecule has 5 aromatic rings. The van der Waals surface area contributed by atoms with Crippen molar-refractivity contribution >= 4 is 22.1 Å². The number of hydrogen-bond acceptors (Lipinski definition) is 9. The van der Waals surface area contributed by atoms with Crippen LogP contribution in [0.25, 0.3) is 22.1 Å². The van der Waals surface area contributed by atoms with Gasteiger partial charge in [0.15, 0.2) is 22.7 Å². The quantitative estimate of drug-likeness (QED) is 0.158. The number of aliphatic hydroxyl groups is 1. The number of hydrogen-bond donors (Lipinski definition) is 7. The Balaban J connectivity index is 0.000000162. The van der Waals surface area contributed by atoms with Crippen molar-refractivity contribution in [2.75, 3.05) is 13.1 Å². The highest BCUT2D eigenvalue weighted by molar-refractivity contribution is 5.84. The molecule has 208 valence electrons. The van der Waals surface area contributed by atoms with Crippen LogP contribution in [0.5, 0.6) is 17.2 Å². The SMILES string of the molecule is Cn1c(=O)c2c(ncn2C)n(C)c1=O.NCCc1c[nH]c2ccc(O)cc12.NC[C@H](O)c1ccc(O)c(O)c1. The monoisotopic (exact) mass is 539 g/mol. The Labute approximate surface area is 222 Å². The van der Waals surface area contributed by atoms with Crippen molar-refractivity contribution in [1.82, 2.24) is 23.7 Å². The Hall–Kier alpha value is -4.59. The van der Waals surface area contributed by atoms with Gasteiger partial charge >= 0.3 is 5.69 Å². The first-order valence-corrected chi connectivity index (χ1v) is 12.0. The van der Waals surface area contributed by atoms with Crippen molar-refractivity contribution in [1.29, 1.82) is 0 Å². The molecule has 0 bridgehead atoms. The van der Waals surface area contributed by atoms with Crippen LogP contribution in [0.2, 0.25) is 0 Å². The van der Waals surface area contributed by atoms with E-state index in [-0.39, 0.29) is 29.3 Å². The summed E-state index contributed by atoms with van der Waals surface area (Å²) in [5, 5.41) is 37.6. The minimum atomic E-state index is -0.795. The molecule has 3 aromatic heterocycles. The maximum absolute atomic E-state index is 11.7. The van der Waals surface area contributed by atoms with Crippen LogP contribution >= 0.6 is 0 Å². The molecule has 0 amide bonds. The highest BCUT2D eigenvalue weighted by Gasteiger charge is 2.11. The van der Waals surface area contributed by atoms with Gasteiger partial charge in [-0.2, -0.15) is 0 Å². The number of aliphatic hydroxyl groups excluding tert-OH is 1. The van der Waals surface area contributed by atoms with Gasteiger partial charge in [0.1, 0.15) is 5.75 Å². The number of nitrogens with zero attached hydrogens (tertiary/aromatic N) is 4. The van der Waals surface area contributed by atoms with E-state index >= 15 is 0 Å². The summed E-state index contributed by atoms with van der Waals surface area (Å²) in [6.45, 7) is 0.715. The third-order valence-electron chi connectivity index (χ3n) is 6.09. The van der Waals surface area contributed by atoms with Gasteiger partial charge in [0.2, 0.25) is 0 Å². The zero-order valence-corrected chi connectivity index (χ0v) is 21.9. The maximum atomic E-state index is 11.7. The van der Waals surface area contributed by atoms with Crippen LogP contribution in [0, 0.1) is 0 Å². The van der Waals surface area contributed by atoms with Crippen LogP contribution in [0.4, 0.5) is 0 Å². The topological polar surface area (TPSA) is 211 Å². The van der Waals surface area contributed by atoms with Crippen molar-refractivity contribution in [2.45, 2.75) is 12.5 Å². The van der Waals surface area contributed by atoms with Crippen LogP contribution in [0.15, 0.2) is 58.5 Å². The molecule has 0 saturated heterocycles. The molecule has 13 heteroatoms. The lowest BCUT2D eigenvalue weighted by molar-refractivity contribution is 0.186. The first-order valence-electron chi connectivity index (χ1n) is 12.0. The van der Waals surface area contributed by atoms with Crippen LogP contribution in [-0.2, 0) is 27.6 Å². The predicted molar refractivity (Wildman–Crippen MR) is 148 cm³/mol. The number of H-pyrrole nitrogens is 1. The van der Waals surface area contributed by atoms with Gasteiger partial charge in [0, 0.05) is 44.8 Å².